The third-order valence-electron chi connectivity index (χ3n) is 1.75. The summed E-state index contributed by atoms with van der Waals surface area (Å²) in [5.74, 6) is -0.0622. The number of likely N-dealkylation sites (N-methyl/N-ethyl adjacent to an activating group) is 1. The quantitative estimate of drug-likeness (QED) is 0.929. The predicted molar refractivity (Wildman–Crippen MR) is 65.3 cm³/mol. The molecule has 0 aliphatic rings. The number of rotatable bonds is 3. The summed E-state index contributed by atoms with van der Waals surface area (Å²) in [7, 11) is 1.69. The second-order valence-electron chi connectivity index (χ2n) is 4.08. The van der Waals surface area contributed by atoms with E-state index in [1.807, 2.05) is 6.07 Å². The number of carbonyl (C=O) groups is 1. The van der Waals surface area contributed by atoms with Crippen LogP contribution in [0.2, 0.25) is 0 Å². The molecule has 0 atom stereocenters. The Morgan fingerprint density at radius 3 is 2.60 bits per heavy atom. The number of carbonyl (C=O) groups excluding carboxylic acids is 1. The molecule has 0 aliphatic heterocycles. The maximum Gasteiger partial charge on any atom is 0.263 e. The van der Waals surface area contributed by atoms with Crippen LogP contribution in [-0.4, -0.2) is 35.1 Å². The lowest BCUT2D eigenvalue weighted by atomic mass is 10.1. The van der Waals surface area contributed by atoms with Gasteiger partial charge in [0.25, 0.3) is 5.91 Å². The van der Waals surface area contributed by atoms with Gasteiger partial charge in [-0.25, -0.2) is 0 Å². The van der Waals surface area contributed by atoms with Gasteiger partial charge in [-0.2, -0.15) is 0 Å². The summed E-state index contributed by atoms with van der Waals surface area (Å²) in [6.45, 7) is 3.68. The van der Waals surface area contributed by atoms with E-state index in [2.05, 4.69) is 15.9 Å². The molecule has 1 aromatic rings. The molecule has 1 N–H and O–H groups in total. The smallest absolute Gasteiger partial charge is 0.263 e. The molecule has 1 aromatic heterocycles. The van der Waals surface area contributed by atoms with Crippen LogP contribution in [0.1, 0.15) is 23.5 Å². The van der Waals surface area contributed by atoms with Crippen LogP contribution in [-0.2, 0) is 0 Å². The van der Waals surface area contributed by atoms with Crippen LogP contribution in [0.3, 0.4) is 0 Å². The molecule has 0 saturated carbocycles. The van der Waals surface area contributed by atoms with Crippen molar-refractivity contribution in [1.82, 2.24) is 4.90 Å². The van der Waals surface area contributed by atoms with Crippen molar-refractivity contribution in [3.63, 3.8) is 0 Å². The zero-order valence-electron chi connectivity index (χ0n) is 8.95. The van der Waals surface area contributed by atoms with Crippen LogP contribution < -0.4 is 0 Å². The van der Waals surface area contributed by atoms with Crippen molar-refractivity contribution < 1.29 is 9.90 Å². The first-order valence-electron chi connectivity index (χ1n) is 4.53. The van der Waals surface area contributed by atoms with Gasteiger partial charge >= 0.3 is 0 Å². The summed E-state index contributed by atoms with van der Waals surface area (Å²) in [6.07, 6.45) is 0. The molecule has 0 spiro atoms. The maximum absolute atomic E-state index is 11.8. The van der Waals surface area contributed by atoms with Gasteiger partial charge in [0.2, 0.25) is 0 Å². The molecule has 3 nitrogen and oxygen atoms in total. The van der Waals surface area contributed by atoms with E-state index in [1.54, 1.807) is 27.0 Å². The van der Waals surface area contributed by atoms with Gasteiger partial charge in [0.15, 0.2) is 0 Å². The van der Waals surface area contributed by atoms with Gasteiger partial charge in [0, 0.05) is 13.6 Å². The van der Waals surface area contributed by atoms with Gasteiger partial charge in [-0.15, -0.1) is 11.3 Å². The number of thiophene rings is 1. The van der Waals surface area contributed by atoms with Crippen LogP contribution in [0.25, 0.3) is 0 Å². The summed E-state index contributed by atoms with van der Waals surface area (Å²) in [6, 6.07) is 3.62. The molecule has 0 aromatic carbocycles. The number of hydrogen-bond donors (Lipinski definition) is 1. The second-order valence-corrected chi connectivity index (χ2v) is 6.54. The molecule has 84 valence electrons. The molecule has 1 heterocycles. The lowest BCUT2D eigenvalue weighted by Crippen LogP contribution is -2.39. The molecule has 1 amide bonds. The van der Waals surface area contributed by atoms with Gasteiger partial charge in [-0.05, 0) is 41.9 Å². The van der Waals surface area contributed by atoms with Crippen LogP contribution in [0.4, 0.5) is 0 Å². The third kappa shape index (κ3) is 3.93. The fourth-order valence-corrected chi connectivity index (χ4v) is 2.65. The largest absolute Gasteiger partial charge is 0.389 e. The average Bonchev–Trinajstić information content (AvgIpc) is 2.47. The topological polar surface area (TPSA) is 40.5 Å². The zero-order valence-corrected chi connectivity index (χ0v) is 11.4. The average molecular weight is 292 g/mol. The van der Waals surface area contributed by atoms with E-state index in [-0.39, 0.29) is 5.91 Å². The standard InChI is InChI=1S/C10H14BrNO2S/c1-10(2,14)6-12(3)9(13)7-4-5-8(11)15-7/h4-5,14H,6H2,1-3H3. The lowest BCUT2D eigenvalue weighted by molar-refractivity contribution is 0.0370. The van der Waals surface area contributed by atoms with Gasteiger partial charge in [0.05, 0.1) is 14.3 Å². The molecule has 0 aliphatic carbocycles. The Bertz CT molecular complexity index is 357. The molecule has 0 radical (unpaired) electrons. The Morgan fingerprint density at radius 1 is 1.60 bits per heavy atom. The van der Waals surface area contributed by atoms with Crippen molar-refractivity contribution >= 4 is 33.2 Å². The summed E-state index contributed by atoms with van der Waals surface area (Å²) >= 11 is 4.70. The molecular weight excluding hydrogens is 278 g/mol. The van der Waals surface area contributed by atoms with E-state index >= 15 is 0 Å². The highest BCUT2D eigenvalue weighted by atomic mass is 79.9. The van der Waals surface area contributed by atoms with Crippen LogP contribution in [0.15, 0.2) is 15.9 Å². The Hall–Kier alpha value is -0.390. The molecule has 0 unspecified atom stereocenters. The summed E-state index contributed by atoms with van der Waals surface area (Å²) in [5.41, 5.74) is -0.862. The Kier molecular flexibility index (Phi) is 3.92. The fraction of sp³-hybridized carbons (Fsp3) is 0.500. The SMILES string of the molecule is CN(CC(C)(C)O)C(=O)c1ccc(Br)s1. The number of hydrogen-bond acceptors (Lipinski definition) is 3. The Labute approximate surface area is 102 Å². The maximum atomic E-state index is 11.8. The minimum atomic E-state index is -0.862. The first-order chi connectivity index (χ1) is 6.79. The normalized spacial score (nSPS) is 11.5. The van der Waals surface area contributed by atoms with Crippen molar-refractivity contribution in [2.45, 2.75) is 19.4 Å². The number of nitrogens with zero attached hydrogens (tertiary/aromatic N) is 1. The second kappa shape index (κ2) is 4.63. The number of amides is 1. The highest BCUT2D eigenvalue weighted by molar-refractivity contribution is 9.11. The molecule has 0 saturated heterocycles. The van der Waals surface area contributed by atoms with Crippen LogP contribution >= 0.6 is 27.3 Å². The van der Waals surface area contributed by atoms with Crippen LogP contribution in [0, 0.1) is 0 Å². The van der Waals surface area contributed by atoms with Crippen molar-refractivity contribution in [3.8, 4) is 0 Å². The van der Waals surface area contributed by atoms with Crippen molar-refractivity contribution in [3.05, 3.63) is 20.8 Å². The molecule has 0 fully saturated rings. The fourth-order valence-electron chi connectivity index (χ4n) is 1.27. The summed E-state index contributed by atoms with van der Waals surface area (Å²) in [4.78, 5) is 14.0. The van der Waals surface area contributed by atoms with Gasteiger partial charge in [-0.1, -0.05) is 0 Å². The van der Waals surface area contributed by atoms with Crippen molar-refractivity contribution in [2.75, 3.05) is 13.6 Å². The monoisotopic (exact) mass is 291 g/mol. The highest BCUT2D eigenvalue weighted by Crippen LogP contribution is 2.23. The van der Waals surface area contributed by atoms with E-state index in [4.69, 9.17) is 0 Å². The van der Waals surface area contributed by atoms with Gasteiger partial charge < -0.3 is 10.0 Å². The Balaban J connectivity index is 2.69. The van der Waals surface area contributed by atoms with Crippen molar-refractivity contribution in [2.24, 2.45) is 0 Å². The molecule has 15 heavy (non-hydrogen) atoms. The van der Waals surface area contributed by atoms with Gasteiger partial charge in [-0.3, -0.25) is 4.79 Å². The Morgan fingerprint density at radius 2 is 2.20 bits per heavy atom. The van der Waals surface area contributed by atoms with E-state index in [0.717, 1.165) is 3.79 Å². The van der Waals surface area contributed by atoms with E-state index in [9.17, 15) is 9.90 Å². The lowest BCUT2D eigenvalue weighted by Gasteiger charge is -2.25. The third-order valence-corrected chi connectivity index (χ3v) is 3.37. The molecule has 0 bridgehead atoms. The molecule has 5 heteroatoms. The molecule has 1 rings (SSSR count). The van der Waals surface area contributed by atoms with Crippen molar-refractivity contribution in [1.29, 1.82) is 0 Å². The first kappa shape index (κ1) is 12.7. The number of aliphatic hydroxyl groups is 1. The first-order valence-corrected chi connectivity index (χ1v) is 6.14. The van der Waals surface area contributed by atoms with E-state index < -0.39 is 5.60 Å². The summed E-state index contributed by atoms with van der Waals surface area (Å²) in [5, 5.41) is 9.59. The van der Waals surface area contributed by atoms with E-state index in [1.165, 1.54) is 16.2 Å². The number of halogens is 1. The minimum Gasteiger partial charge on any atom is -0.389 e. The van der Waals surface area contributed by atoms with Gasteiger partial charge in [0.1, 0.15) is 0 Å². The minimum absolute atomic E-state index is 0.0622. The summed E-state index contributed by atoms with van der Waals surface area (Å²) < 4.78 is 0.933. The van der Waals surface area contributed by atoms with E-state index in [0.29, 0.717) is 11.4 Å². The van der Waals surface area contributed by atoms with Crippen LogP contribution in [0.5, 0.6) is 0 Å². The zero-order chi connectivity index (χ0) is 11.6. The molecular formula is C10H14BrNO2S. The predicted octanol–water partition coefficient (Wildman–Crippen LogP) is 2.35. The highest BCUT2D eigenvalue weighted by Gasteiger charge is 2.21.